The Kier molecular flexibility index (Phi) is 4.94. The van der Waals surface area contributed by atoms with Gasteiger partial charge in [-0.25, -0.2) is 9.97 Å². The summed E-state index contributed by atoms with van der Waals surface area (Å²) in [7, 11) is 1.55. The molecule has 0 aliphatic carbocycles. The van der Waals surface area contributed by atoms with Gasteiger partial charge in [0.2, 0.25) is 5.82 Å². The predicted molar refractivity (Wildman–Crippen MR) is 96.6 cm³/mol. The zero-order valence-electron chi connectivity index (χ0n) is 14.2. The number of thiazole rings is 1. The second-order valence-corrected chi connectivity index (χ2v) is 6.40. The molecule has 0 aliphatic rings. The number of anilines is 2. The number of aryl methyl sites for hydroxylation is 2. The van der Waals surface area contributed by atoms with E-state index in [9.17, 15) is 10.1 Å². The first kappa shape index (κ1) is 17.5. The maximum atomic E-state index is 11.6. The van der Waals surface area contributed by atoms with Crippen molar-refractivity contribution in [2.45, 2.75) is 13.8 Å². The van der Waals surface area contributed by atoms with Crippen molar-refractivity contribution in [1.29, 1.82) is 0 Å². The molecule has 0 amide bonds. The first-order valence-corrected chi connectivity index (χ1v) is 8.32. The Morgan fingerprint density at radius 2 is 1.85 bits per heavy atom. The molecule has 0 saturated carbocycles. The molecule has 26 heavy (non-hydrogen) atoms. The number of nitrogens with zero attached hydrogens (tertiary/aromatic N) is 4. The van der Waals surface area contributed by atoms with Crippen LogP contribution in [-0.4, -0.2) is 27.0 Å². The number of aromatic nitrogens is 3. The van der Waals surface area contributed by atoms with Crippen LogP contribution in [0.25, 0.3) is 0 Å². The lowest BCUT2D eigenvalue weighted by Gasteiger charge is -2.08. The van der Waals surface area contributed by atoms with Gasteiger partial charge in [0.05, 0.1) is 17.7 Å². The molecule has 3 aromatic rings. The molecule has 0 bridgehead atoms. The maximum absolute atomic E-state index is 11.6. The van der Waals surface area contributed by atoms with Crippen molar-refractivity contribution < 1.29 is 14.4 Å². The highest BCUT2D eigenvalue weighted by atomic mass is 32.1. The number of hydrogen-bond acceptors (Lipinski definition) is 9. The third kappa shape index (κ3) is 3.70. The number of methoxy groups -OCH3 is 1. The van der Waals surface area contributed by atoms with E-state index in [-0.39, 0.29) is 17.4 Å². The van der Waals surface area contributed by atoms with E-state index in [1.807, 2.05) is 13.8 Å². The number of nitro groups is 1. The zero-order valence-corrected chi connectivity index (χ0v) is 15.0. The Bertz CT molecular complexity index is 923. The normalized spacial score (nSPS) is 10.4. The molecule has 1 N–H and O–H groups in total. The summed E-state index contributed by atoms with van der Waals surface area (Å²) in [5, 5.41) is 15.0. The molecule has 0 fully saturated rings. The van der Waals surface area contributed by atoms with E-state index in [1.54, 1.807) is 31.4 Å². The van der Waals surface area contributed by atoms with Crippen LogP contribution in [0.3, 0.4) is 0 Å². The molecule has 134 valence electrons. The minimum absolute atomic E-state index is 0.0160. The van der Waals surface area contributed by atoms with Crippen molar-refractivity contribution in [3.63, 3.8) is 0 Å². The van der Waals surface area contributed by atoms with Gasteiger partial charge in [-0.1, -0.05) is 0 Å². The van der Waals surface area contributed by atoms with E-state index in [1.165, 1.54) is 17.7 Å². The van der Waals surface area contributed by atoms with E-state index in [0.717, 1.165) is 10.6 Å². The summed E-state index contributed by atoms with van der Waals surface area (Å²) in [4.78, 5) is 24.2. The zero-order chi connectivity index (χ0) is 18.7. The minimum Gasteiger partial charge on any atom is -0.497 e. The highest BCUT2D eigenvalue weighted by Gasteiger charge is 2.26. The van der Waals surface area contributed by atoms with Gasteiger partial charge in [-0.15, -0.1) is 11.3 Å². The molecular formula is C16H15N5O4S. The van der Waals surface area contributed by atoms with Crippen LogP contribution in [0.1, 0.15) is 10.6 Å². The molecule has 0 atom stereocenters. The fourth-order valence-electron chi connectivity index (χ4n) is 2.08. The average molecular weight is 373 g/mol. The fraction of sp³-hybridized carbons (Fsp3) is 0.188. The van der Waals surface area contributed by atoms with E-state index in [2.05, 4.69) is 20.3 Å². The predicted octanol–water partition coefficient (Wildman–Crippen LogP) is 4.00. The van der Waals surface area contributed by atoms with E-state index in [4.69, 9.17) is 9.47 Å². The summed E-state index contributed by atoms with van der Waals surface area (Å²) in [6.07, 6.45) is 1.20. The molecule has 9 nitrogen and oxygen atoms in total. The average Bonchev–Trinajstić information content (AvgIpc) is 2.93. The van der Waals surface area contributed by atoms with Crippen LogP contribution in [0.4, 0.5) is 16.6 Å². The SMILES string of the molecule is COc1ccc(Oc2ncnc(Nc3nc(C)c(C)s3)c2[N+](=O)[O-])cc1. The minimum atomic E-state index is -0.589. The Hall–Kier alpha value is -3.27. The molecule has 0 radical (unpaired) electrons. The molecule has 0 unspecified atom stereocenters. The Morgan fingerprint density at radius 1 is 1.15 bits per heavy atom. The van der Waals surface area contributed by atoms with Crippen LogP contribution in [0.5, 0.6) is 17.4 Å². The molecule has 0 spiro atoms. The van der Waals surface area contributed by atoms with E-state index >= 15 is 0 Å². The first-order valence-electron chi connectivity index (χ1n) is 7.50. The number of benzene rings is 1. The summed E-state index contributed by atoms with van der Waals surface area (Å²) in [6, 6.07) is 6.63. The molecule has 0 saturated heterocycles. The number of ether oxygens (including phenoxy) is 2. The molecule has 2 heterocycles. The van der Waals surface area contributed by atoms with Crippen LogP contribution in [0.15, 0.2) is 30.6 Å². The summed E-state index contributed by atoms with van der Waals surface area (Å²) in [5.74, 6) is 0.885. The van der Waals surface area contributed by atoms with Crippen LogP contribution >= 0.6 is 11.3 Å². The topological polar surface area (TPSA) is 112 Å². The van der Waals surface area contributed by atoms with Crippen molar-refractivity contribution >= 4 is 28.0 Å². The van der Waals surface area contributed by atoms with Gasteiger partial charge >= 0.3 is 11.6 Å². The second-order valence-electron chi connectivity index (χ2n) is 5.20. The number of nitrogens with one attached hydrogen (secondary N) is 1. The molecule has 0 aliphatic heterocycles. The van der Waals surface area contributed by atoms with Gasteiger partial charge in [0, 0.05) is 4.88 Å². The number of hydrogen-bond donors (Lipinski definition) is 1. The van der Waals surface area contributed by atoms with Crippen molar-refractivity contribution in [3.8, 4) is 17.4 Å². The van der Waals surface area contributed by atoms with Gasteiger partial charge in [-0.2, -0.15) is 4.98 Å². The van der Waals surface area contributed by atoms with Gasteiger partial charge in [-0.3, -0.25) is 10.1 Å². The maximum Gasteiger partial charge on any atom is 0.373 e. The third-order valence-corrected chi connectivity index (χ3v) is 4.49. The molecule has 1 aromatic carbocycles. The molecule has 3 rings (SSSR count). The largest absolute Gasteiger partial charge is 0.497 e. The fourth-order valence-corrected chi connectivity index (χ4v) is 2.89. The smallest absolute Gasteiger partial charge is 0.373 e. The first-order chi connectivity index (χ1) is 12.5. The van der Waals surface area contributed by atoms with Gasteiger partial charge in [-0.05, 0) is 38.1 Å². The van der Waals surface area contributed by atoms with Gasteiger partial charge in [0.25, 0.3) is 0 Å². The highest BCUT2D eigenvalue weighted by Crippen LogP contribution is 2.36. The summed E-state index contributed by atoms with van der Waals surface area (Å²) < 4.78 is 10.6. The second kappa shape index (κ2) is 7.31. The van der Waals surface area contributed by atoms with Gasteiger partial charge < -0.3 is 14.8 Å². The summed E-state index contributed by atoms with van der Waals surface area (Å²) in [6.45, 7) is 3.79. The van der Waals surface area contributed by atoms with Crippen LogP contribution in [0, 0.1) is 24.0 Å². The lowest BCUT2D eigenvalue weighted by Crippen LogP contribution is -2.03. The molecule has 10 heteroatoms. The van der Waals surface area contributed by atoms with Crippen molar-refractivity contribution in [2.24, 2.45) is 0 Å². The standard InChI is InChI=1S/C16H15N5O4S/c1-9-10(2)26-16(19-9)20-14-13(21(22)23)15(18-8-17-14)25-12-6-4-11(24-3)5-7-12/h4-8H,1-3H3,(H,17,18,19,20). The molecule has 2 aromatic heterocycles. The van der Waals surface area contributed by atoms with Crippen molar-refractivity contribution in [3.05, 3.63) is 51.3 Å². The Labute approximate surface area is 152 Å². The number of rotatable bonds is 6. The lowest BCUT2D eigenvalue weighted by atomic mass is 10.3. The third-order valence-electron chi connectivity index (χ3n) is 3.50. The van der Waals surface area contributed by atoms with Gasteiger partial charge in [0.1, 0.15) is 17.8 Å². The summed E-state index contributed by atoms with van der Waals surface area (Å²) >= 11 is 1.38. The van der Waals surface area contributed by atoms with Crippen LogP contribution in [0.2, 0.25) is 0 Å². The van der Waals surface area contributed by atoms with Gasteiger partial charge in [0.15, 0.2) is 5.13 Å². The van der Waals surface area contributed by atoms with Crippen LogP contribution in [-0.2, 0) is 0 Å². The highest BCUT2D eigenvalue weighted by molar-refractivity contribution is 7.15. The quantitative estimate of drug-likeness (QED) is 0.509. The van der Waals surface area contributed by atoms with Crippen molar-refractivity contribution in [1.82, 2.24) is 15.0 Å². The van der Waals surface area contributed by atoms with E-state index in [0.29, 0.717) is 16.6 Å². The molecular weight excluding hydrogens is 358 g/mol. The van der Waals surface area contributed by atoms with Crippen molar-refractivity contribution in [2.75, 3.05) is 12.4 Å². The Balaban J connectivity index is 1.93. The summed E-state index contributed by atoms with van der Waals surface area (Å²) in [5.41, 5.74) is 0.484. The van der Waals surface area contributed by atoms with Crippen LogP contribution < -0.4 is 14.8 Å². The Morgan fingerprint density at radius 3 is 2.42 bits per heavy atom. The monoisotopic (exact) mass is 373 g/mol. The lowest BCUT2D eigenvalue weighted by molar-refractivity contribution is -0.385. The van der Waals surface area contributed by atoms with E-state index < -0.39 is 4.92 Å².